The number of rotatable bonds is 0. The molecule has 0 unspecified atom stereocenters. The molecule has 2 nitrogen and oxygen atoms in total. The van der Waals surface area contributed by atoms with Crippen molar-refractivity contribution in [2.24, 2.45) is 0 Å². The number of hydrogen-bond donors (Lipinski definition) is 0. The van der Waals surface area contributed by atoms with Gasteiger partial charge in [-0.3, -0.25) is 0 Å². The fraction of sp³-hybridized carbons (Fsp3) is 0.182. The predicted molar refractivity (Wildman–Crippen MR) is 106 cm³/mol. The van der Waals surface area contributed by atoms with Crippen LogP contribution >= 0.6 is 23.5 Å². The molecule has 0 amide bonds. The molecule has 28 heavy (non-hydrogen) atoms. The van der Waals surface area contributed by atoms with Crippen LogP contribution in [0.4, 0.5) is 8.78 Å². The van der Waals surface area contributed by atoms with Gasteiger partial charge in [0.25, 0.3) is 0 Å². The van der Waals surface area contributed by atoms with Crippen LogP contribution in [0.5, 0.6) is 0 Å². The normalized spacial score (nSPS) is 26.9. The first-order valence-electron chi connectivity index (χ1n) is 8.62. The van der Waals surface area contributed by atoms with Crippen LogP contribution in [0.25, 0.3) is 11.1 Å². The molecule has 0 bridgehead atoms. The highest BCUT2D eigenvalue weighted by atomic mass is 32.2. The van der Waals surface area contributed by atoms with E-state index in [1.54, 1.807) is 35.7 Å². The monoisotopic (exact) mass is 406 g/mol. The Balaban J connectivity index is 1.93. The maximum absolute atomic E-state index is 14.0. The minimum Gasteiger partial charge on any atom is -0.207 e. The molecule has 1 aliphatic carbocycles. The second-order valence-corrected chi connectivity index (χ2v) is 10.2. The van der Waals surface area contributed by atoms with Gasteiger partial charge in [0, 0.05) is 9.79 Å². The molecule has 2 heterocycles. The largest absolute Gasteiger partial charge is 0.207 e. The molecular weight excluding hydrogens is 394 g/mol. The van der Waals surface area contributed by atoms with Crippen molar-refractivity contribution in [3.05, 3.63) is 70.3 Å². The number of benzene rings is 2. The van der Waals surface area contributed by atoms with Gasteiger partial charge in [-0.25, -0.2) is 8.78 Å². The van der Waals surface area contributed by atoms with Gasteiger partial charge in [0.05, 0.1) is 20.6 Å². The van der Waals surface area contributed by atoms with Crippen LogP contribution in [0.2, 0.25) is 0 Å². The number of halogens is 2. The summed E-state index contributed by atoms with van der Waals surface area (Å²) in [5.41, 5.74) is 3.23. The summed E-state index contributed by atoms with van der Waals surface area (Å²) in [5, 5.41) is 20.0. The lowest BCUT2D eigenvalue weighted by atomic mass is 9.69. The highest BCUT2D eigenvalue weighted by Gasteiger charge is 2.62. The molecule has 2 atom stereocenters. The summed E-state index contributed by atoms with van der Waals surface area (Å²) in [5.74, 6) is -0.757. The van der Waals surface area contributed by atoms with E-state index in [1.165, 1.54) is 24.3 Å². The van der Waals surface area contributed by atoms with E-state index in [0.29, 0.717) is 22.3 Å². The van der Waals surface area contributed by atoms with Gasteiger partial charge in [-0.2, -0.15) is 10.5 Å². The standard InChI is InChI=1S/C22H12F2N2S2/c1-21-19(13-7-11(23)3-5-17(13)27-21)15(9-25)16(10-26)20-14-8-12(24)4-6-18(14)28-22(20,21)2/h3-8H,1-2H3/t21-,22-/m1/s1. The van der Waals surface area contributed by atoms with Crippen LogP contribution in [0.3, 0.4) is 0 Å². The van der Waals surface area contributed by atoms with Gasteiger partial charge in [-0.15, -0.1) is 23.5 Å². The van der Waals surface area contributed by atoms with E-state index in [9.17, 15) is 19.3 Å². The highest BCUT2D eigenvalue weighted by molar-refractivity contribution is 8.06. The van der Waals surface area contributed by atoms with E-state index in [-0.39, 0.29) is 22.8 Å². The lowest BCUT2D eigenvalue weighted by Gasteiger charge is -2.45. The molecule has 3 aliphatic rings. The molecule has 2 aromatic rings. The van der Waals surface area contributed by atoms with E-state index in [0.717, 1.165) is 9.79 Å². The molecule has 2 aliphatic heterocycles. The third-order valence-electron chi connectivity index (χ3n) is 5.89. The first-order valence-corrected chi connectivity index (χ1v) is 10.3. The summed E-state index contributed by atoms with van der Waals surface area (Å²) in [7, 11) is 0. The van der Waals surface area contributed by atoms with Gasteiger partial charge in [-0.05, 0) is 72.5 Å². The van der Waals surface area contributed by atoms with Gasteiger partial charge in [-0.1, -0.05) is 0 Å². The van der Waals surface area contributed by atoms with E-state index in [2.05, 4.69) is 12.1 Å². The van der Waals surface area contributed by atoms with Crippen molar-refractivity contribution in [2.45, 2.75) is 33.1 Å². The summed E-state index contributed by atoms with van der Waals surface area (Å²) < 4.78 is 26.9. The number of allylic oxidation sites excluding steroid dienone is 2. The van der Waals surface area contributed by atoms with Crippen LogP contribution in [0, 0.1) is 34.3 Å². The number of hydrogen-bond acceptors (Lipinski definition) is 4. The zero-order valence-corrected chi connectivity index (χ0v) is 16.6. The van der Waals surface area contributed by atoms with Crippen molar-refractivity contribution in [1.82, 2.24) is 0 Å². The van der Waals surface area contributed by atoms with Crippen LogP contribution in [-0.4, -0.2) is 9.49 Å². The second kappa shape index (κ2) is 5.50. The molecule has 0 saturated carbocycles. The Morgan fingerprint density at radius 3 is 1.50 bits per heavy atom. The summed E-state index contributed by atoms with van der Waals surface area (Å²) in [6.07, 6.45) is 0. The third-order valence-corrected chi connectivity index (χ3v) is 9.21. The van der Waals surface area contributed by atoms with E-state index in [1.807, 2.05) is 13.8 Å². The molecule has 5 rings (SSSR count). The second-order valence-electron chi connectivity index (χ2n) is 7.28. The third kappa shape index (κ3) is 1.92. The molecule has 0 radical (unpaired) electrons. The lowest BCUT2D eigenvalue weighted by molar-refractivity contribution is 0.624. The maximum Gasteiger partial charge on any atom is 0.123 e. The summed E-state index contributed by atoms with van der Waals surface area (Å²) in [6, 6.07) is 13.5. The smallest absolute Gasteiger partial charge is 0.123 e. The van der Waals surface area contributed by atoms with E-state index >= 15 is 0 Å². The Morgan fingerprint density at radius 1 is 0.750 bits per heavy atom. The van der Waals surface area contributed by atoms with Crippen LogP contribution in [-0.2, 0) is 0 Å². The Bertz CT molecular complexity index is 1150. The average molecular weight is 406 g/mol. The first-order chi connectivity index (χ1) is 13.3. The zero-order chi connectivity index (χ0) is 19.8. The van der Waals surface area contributed by atoms with Gasteiger partial charge >= 0.3 is 0 Å². The molecule has 0 spiro atoms. The van der Waals surface area contributed by atoms with Gasteiger partial charge in [0.2, 0.25) is 0 Å². The molecule has 6 heteroatoms. The summed E-state index contributed by atoms with van der Waals surface area (Å²) in [6.45, 7) is 4.07. The SMILES string of the molecule is C[C@@]12Sc3ccc(F)cc3C1=C(C#N)C(C#N)=C1c3cc(F)ccc3S[C@]12C. The Morgan fingerprint density at radius 2 is 1.14 bits per heavy atom. The molecular formula is C22H12F2N2S2. The number of thioether (sulfide) groups is 2. The van der Waals surface area contributed by atoms with Crippen molar-refractivity contribution in [3.8, 4) is 12.1 Å². The van der Waals surface area contributed by atoms with Gasteiger partial charge in [0.1, 0.15) is 23.8 Å². The Labute approximate surface area is 169 Å². The van der Waals surface area contributed by atoms with Gasteiger partial charge in [0.15, 0.2) is 0 Å². The molecule has 0 fully saturated rings. The minimum atomic E-state index is -0.607. The van der Waals surface area contributed by atoms with E-state index in [4.69, 9.17) is 0 Å². The summed E-state index contributed by atoms with van der Waals surface area (Å²) in [4.78, 5) is 1.77. The maximum atomic E-state index is 14.0. The predicted octanol–water partition coefficient (Wildman–Crippen LogP) is 5.96. The fourth-order valence-corrected chi connectivity index (χ4v) is 7.69. The number of nitrogens with zero attached hydrogens (tertiary/aromatic N) is 2. The van der Waals surface area contributed by atoms with Crippen molar-refractivity contribution < 1.29 is 8.78 Å². The quantitative estimate of drug-likeness (QED) is 0.541. The Kier molecular flexibility index (Phi) is 3.45. The van der Waals surface area contributed by atoms with Crippen molar-refractivity contribution in [2.75, 3.05) is 0 Å². The number of nitriles is 2. The van der Waals surface area contributed by atoms with Crippen molar-refractivity contribution in [1.29, 1.82) is 10.5 Å². The van der Waals surface area contributed by atoms with E-state index < -0.39 is 9.49 Å². The minimum absolute atomic E-state index is 0.257. The lowest BCUT2D eigenvalue weighted by Crippen LogP contribution is -2.46. The topological polar surface area (TPSA) is 47.6 Å². The molecule has 0 aromatic heterocycles. The highest BCUT2D eigenvalue weighted by Crippen LogP contribution is 2.72. The van der Waals surface area contributed by atoms with Gasteiger partial charge < -0.3 is 0 Å². The van der Waals surface area contributed by atoms with Crippen LogP contribution in [0.1, 0.15) is 25.0 Å². The van der Waals surface area contributed by atoms with Crippen molar-refractivity contribution >= 4 is 34.7 Å². The fourth-order valence-electron chi connectivity index (χ4n) is 4.52. The zero-order valence-electron chi connectivity index (χ0n) is 14.9. The Hall–Kier alpha value is -2.54. The molecule has 0 N–H and O–H groups in total. The summed E-state index contributed by atoms with van der Waals surface area (Å²) >= 11 is 3.16. The molecule has 136 valence electrons. The molecule has 2 aromatic carbocycles. The van der Waals surface area contributed by atoms with Crippen molar-refractivity contribution in [3.63, 3.8) is 0 Å². The average Bonchev–Trinajstić information content (AvgIpc) is 3.13. The van der Waals surface area contributed by atoms with Crippen LogP contribution < -0.4 is 0 Å². The number of fused-ring (bicyclic) bond motifs is 7. The first kappa shape index (κ1) is 17.6. The molecule has 0 saturated heterocycles. The van der Waals surface area contributed by atoms with Crippen LogP contribution in [0.15, 0.2) is 57.3 Å².